The summed E-state index contributed by atoms with van der Waals surface area (Å²) in [4.78, 5) is 0. The van der Waals surface area contributed by atoms with Gasteiger partial charge in [0, 0.05) is 12.1 Å². The largest absolute Gasteiger partial charge is 0.495 e. The van der Waals surface area contributed by atoms with Gasteiger partial charge in [-0.3, -0.25) is 0 Å². The van der Waals surface area contributed by atoms with Crippen molar-refractivity contribution in [3.63, 3.8) is 0 Å². The number of nitrogens with two attached hydrogens (primary N) is 1. The van der Waals surface area contributed by atoms with E-state index in [0.717, 1.165) is 24.3 Å². The molecule has 3 nitrogen and oxygen atoms in total. The lowest BCUT2D eigenvalue weighted by Gasteiger charge is -2.31. The maximum atomic E-state index is 6.21. The Labute approximate surface area is 116 Å². The van der Waals surface area contributed by atoms with Crippen molar-refractivity contribution in [3.05, 3.63) is 23.8 Å². The fraction of sp³-hybridized carbons (Fsp3) is 0.625. The summed E-state index contributed by atoms with van der Waals surface area (Å²) in [6, 6.07) is 7.00. The van der Waals surface area contributed by atoms with Crippen molar-refractivity contribution in [3.8, 4) is 5.75 Å². The first-order valence-electron chi connectivity index (χ1n) is 7.32. The summed E-state index contributed by atoms with van der Waals surface area (Å²) < 4.78 is 5.45. The van der Waals surface area contributed by atoms with E-state index >= 15 is 0 Å². The van der Waals surface area contributed by atoms with Gasteiger partial charge in [-0.25, -0.2) is 0 Å². The highest BCUT2D eigenvalue weighted by molar-refractivity contribution is 5.59. The standard InChI is InChI=1S/C16H26N2O/c1-11(2)12-8-9-16(19-3)15(10-12)18-14-7-5-4-6-13(14)17/h8-11,13-14,18H,4-7,17H2,1-3H3. The normalized spacial score (nSPS) is 23.4. The van der Waals surface area contributed by atoms with E-state index in [1.54, 1.807) is 7.11 Å². The molecular weight excluding hydrogens is 236 g/mol. The Hall–Kier alpha value is -1.22. The number of hydrogen-bond donors (Lipinski definition) is 2. The Kier molecular flexibility index (Phi) is 4.70. The van der Waals surface area contributed by atoms with Crippen LogP contribution in [0.2, 0.25) is 0 Å². The Morgan fingerprint density at radius 3 is 2.63 bits per heavy atom. The van der Waals surface area contributed by atoms with Gasteiger partial charge in [-0.2, -0.15) is 0 Å². The average Bonchev–Trinajstić information content (AvgIpc) is 2.41. The zero-order chi connectivity index (χ0) is 13.8. The van der Waals surface area contributed by atoms with Crippen LogP contribution in [0.3, 0.4) is 0 Å². The first-order chi connectivity index (χ1) is 9.11. The molecule has 0 aliphatic heterocycles. The van der Waals surface area contributed by atoms with Crippen molar-refractivity contribution in [1.82, 2.24) is 0 Å². The molecule has 0 spiro atoms. The van der Waals surface area contributed by atoms with Gasteiger partial charge in [0.15, 0.2) is 0 Å². The van der Waals surface area contributed by atoms with Gasteiger partial charge < -0.3 is 15.8 Å². The van der Waals surface area contributed by atoms with E-state index in [9.17, 15) is 0 Å². The molecule has 2 rings (SSSR count). The highest BCUT2D eigenvalue weighted by Gasteiger charge is 2.22. The molecule has 106 valence electrons. The lowest BCUT2D eigenvalue weighted by Crippen LogP contribution is -2.42. The second-order valence-corrected chi connectivity index (χ2v) is 5.81. The first-order valence-corrected chi connectivity index (χ1v) is 7.32. The van der Waals surface area contributed by atoms with Gasteiger partial charge >= 0.3 is 0 Å². The molecule has 0 heterocycles. The molecule has 0 radical (unpaired) electrons. The maximum Gasteiger partial charge on any atom is 0.141 e. The van der Waals surface area contributed by atoms with E-state index in [0.29, 0.717) is 12.0 Å². The number of methoxy groups -OCH3 is 1. The van der Waals surface area contributed by atoms with Crippen LogP contribution in [0.25, 0.3) is 0 Å². The molecule has 19 heavy (non-hydrogen) atoms. The molecule has 0 amide bonds. The van der Waals surface area contributed by atoms with E-state index in [-0.39, 0.29) is 6.04 Å². The number of hydrogen-bond acceptors (Lipinski definition) is 3. The molecule has 1 aromatic carbocycles. The van der Waals surface area contributed by atoms with Crippen LogP contribution in [0.1, 0.15) is 51.0 Å². The molecule has 2 atom stereocenters. The summed E-state index contributed by atoms with van der Waals surface area (Å²) in [7, 11) is 1.72. The molecule has 0 saturated heterocycles. The Morgan fingerprint density at radius 1 is 1.26 bits per heavy atom. The Morgan fingerprint density at radius 2 is 2.00 bits per heavy atom. The first kappa shape index (κ1) is 14.2. The topological polar surface area (TPSA) is 47.3 Å². The summed E-state index contributed by atoms with van der Waals surface area (Å²) in [6.07, 6.45) is 4.78. The Balaban J connectivity index is 2.19. The second kappa shape index (κ2) is 6.29. The van der Waals surface area contributed by atoms with Gasteiger partial charge in [0.1, 0.15) is 5.75 Å². The molecule has 0 bridgehead atoms. The van der Waals surface area contributed by atoms with Crippen LogP contribution in [-0.4, -0.2) is 19.2 Å². The van der Waals surface area contributed by atoms with Crippen LogP contribution < -0.4 is 15.8 Å². The SMILES string of the molecule is COc1ccc(C(C)C)cc1NC1CCCCC1N. The second-order valence-electron chi connectivity index (χ2n) is 5.81. The van der Waals surface area contributed by atoms with Crippen LogP contribution in [0.15, 0.2) is 18.2 Å². The molecule has 1 aromatic rings. The zero-order valence-electron chi connectivity index (χ0n) is 12.3. The third-order valence-corrected chi connectivity index (χ3v) is 4.05. The summed E-state index contributed by atoms with van der Waals surface area (Å²) in [5.74, 6) is 1.42. The minimum Gasteiger partial charge on any atom is -0.495 e. The summed E-state index contributed by atoms with van der Waals surface area (Å²) in [6.45, 7) is 4.41. The lowest BCUT2D eigenvalue weighted by atomic mass is 9.90. The third kappa shape index (κ3) is 3.41. The van der Waals surface area contributed by atoms with E-state index in [4.69, 9.17) is 10.5 Å². The van der Waals surface area contributed by atoms with E-state index in [1.807, 2.05) is 6.07 Å². The van der Waals surface area contributed by atoms with Gasteiger partial charge in [0.25, 0.3) is 0 Å². The van der Waals surface area contributed by atoms with Crippen LogP contribution >= 0.6 is 0 Å². The smallest absolute Gasteiger partial charge is 0.141 e. The van der Waals surface area contributed by atoms with Crippen molar-refractivity contribution in [2.75, 3.05) is 12.4 Å². The summed E-state index contributed by atoms with van der Waals surface area (Å²) >= 11 is 0. The van der Waals surface area contributed by atoms with Gasteiger partial charge in [-0.05, 0) is 36.5 Å². The van der Waals surface area contributed by atoms with Crippen molar-refractivity contribution in [2.24, 2.45) is 5.73 Å². The summed E-state index contributed by atoms with van der Waals surface area (Å²) in [5, 5.41) is 3.60. The predicted molar refractivity (Wildman–Crippen MR) is 80.9 cm³/mol. The van der Waals surface area contributed by atoms with Crippen LogP contribution in [0.5, 0.6) is 5.75 Å². The van der Waals surface area contributed by atoms with Crippen LogP contribution in [0.4, 0.5) is 5.69 Å². The van der Waals surface area contributed by atoms with Crippen molar-refractivity contribution in [2.45, 2.75) is 57.5 Å². The number of ether oxygens (including phenoxy) is 1. The monoisotopic (exact) mass is 262 g/mol. The van der Waals surface area contributed by atoms with E-state index in [2.05, 4.69) is 31.3 Å². The minimum atomic E-state index is 0.251. The maximum absolute atomic E-state index is 6.21. The number of nitrogens with one attached hydrogen (secondary N) is 1. The predicted octanol–water partition coefficient (Wildman–Crippen LogP) is 3.50. The number of benzene rings is 1. The quantitative estimate of drug-likeness (QED) is 0.873. The summed E-state index contributed by atoms with van der Waals surface area (Å²) in [5.41, 5.74) is 8.62. The van der Waals surface area contributed by atoms with Crippen molar-refractivity contribution in [1.29, 1.82) is 0 Å². The van der Waals surface area contributed by atoms with Crippen molar-refractivity contribution >= 4 is 5.69 Å². The molecule has 3 heteroatoms. The van der Waals surface area contributed by atoms with Gasteiger partial charge in [-0.15, -0.1) is 0 Å². The van der Waals surface area contributed by atoms with Gasteiger partial charge in [-0.1, -0.05) is 32.8 Å². The van der Waals surface area contributed by atoms with Crippen LogP contribution in [-0.2, 0) is 0 Å². The van der Waals surface area contributed by atoms with E-state index < -0.39 is 0 Å². The van der Waals surface area contributed by atoms with E-state index in [1.165, 1.54) is 18.4 Å². The highest BCUT2D eigenvalue weighted by atomic mass is 16.5. The third-order valence-electron chi connectivity index (χ3n) is 4.05. The molecule has 0 aromatic heterocycles. The van der Waals surface area contributed by atoms with Crippen molar-refractivity contribution < 1.29 is 4.74 Å². The number of anilines is 1. The molecular formula is C16H26N2O. The molecule has 1 saturated carbocycles. The molecule has 2 unspecified atom stereocenters. The fourth-order valence-electron chi connectivity index (χ4n) is 2.74. The average molecular weight is 262 g/mol. The van der Waals surface area contributed by atoms with Gasteiger partial charge in [0.2, 0.25) is 0 Å². The van der Waals surface area contributed by atoms with Gasteiger partial charge in [0.05, 0.1) is 12.8 Å². The van der Waals surface area contributed by atoms with Crippen LogP contribution in [0, 0.1) is 0 Å². The highest BCUT2D eigenvalue weighted by Crippen LogP contribution is 2.31. The fourth-order valence-corrected chi connectivity index (χ4v) is 2.74. The molecule has 1 aliphatic rings. The molecule has 1 fully saturated rings. The Bertz CT molecular complexity index is 417. The lowest BCUT2D eigenvalue weighted by molar-refractivity contribution is 0.396. The minimum absolute atomic E-state index is 0.251. The molecule has 3 N–H and O–H groups in total. The number of rotatable bonds is 4. The zero-order valence-corrected chi connectivity index (χ0v) is 12.3. The molecule has 1 aliphatic carbocycles.